The minimum absolute atomic E-state index is 0.0725. The van der Waals surface area contributed by atoms with E-state index in [1.165, 1.54) is 12.1 Å². The Bertz CT molecular complexity index is 614. The number of pyridine rings is 1. The Hall–Kier alpha value is -2.43. The van der Waals surface area contributed by atoms with Crippen LogP contribution < -0.4 is 5.32 Å². The molecule has 1 heterocycles. The van der Waals surface area contributed by atoms with Gasteiger partial charge in [-0.05, 0) is 37.3 Å². The minimum Gasteiger partial charge on any atom is -0.478 e. The normalized spacial score (nSPS) is 10.2. The molecule has 0 saturated carbocycles. The SMILES string of the molecule is Cc1cccc(CNc2ccc(C(=O)O)cc2F)n1. The van der Waals surface area contributed by atoms with Crippen molar-refractivity contribution in [3.63, 3.8) is 0 Å². The van der Waals surface area contributed by atoms with E-state index < -0.39 is 11.8 Å². The Morgan fingerprint density at radius 1 is 1.37 bits per heavy atom. The Morgan fingerprint density at radius 2 is 2.16 bits per heavy atom. The van der Waals surface area contributed by atoms with Gasteiger partial charge in [0, 0.05) is 5.69 Å². The Morgan fingerprint density at radius 3 is 2.79 bits per heavy atom. The lowest BCUT2D eigenvalue weighted by Crippen LogP contribution is -2.05. The maximum absolute atomic E-state index is 13.6. The van der Waals surface area contributed by atoms with Gasteiger partial charge in [0.2, 0.25) is 0 Å². The minimum atomic E-state index is -1.15. The van der Waals surface area contributed by atoms with Crippen LogP contribution in [0.2, 0.25) is 0 Å². The van der Waals surface area contributed by atoms with Gasteiger partial charge in [-0.3, -0.25) is 4.98 Å². The quantitative estimate of drug-likeness (QED) is 0.887. The number of aromatic nitrogens is 1. The van der Waals surface area contributed by atoms with Gasteiger partial charge in [-0.1, -0.05) is 6.07 Å². The van der Waals surface area contributed by atoms with Crippen LogP contribution in [0.5, 0.6) is 0 Å². The molecule has 0 saturated heterocycles. The number of hydrogen-bond donors (Lipinski definition) is 2. The first kappa shape index (κ1) is 13.0. The maximum Gasteiger partial charge on any atom is 0.335 e. The molecule has 0 spiro atoms. The fourth-order valence-electron chi connectivity index (χ4n) is 1.68. The topological polar surface area (TPSA) is 62.2 Å². The molecule has 2 aromatic rings. The van der Waals surface area contributed by atoms with Gasteiger partial charge in [0.1, 0.15) is 5.82 Å². The second-order valence-corrected chi connectivity index (χ2v) is 4.12. The van der Waals surface area contributed by atoms with Crippen molar-refractivity contribution in [3.05, 3.63) is 59.2 Å². The van der Waals surface area contributed by atoms with E-state index >= 15 is 0 Å². The molecule has 1 aromatic carbocycles. The van der Waals surface area contributed by atoms with Crippen LogP contribution in [0.15, 0.2) is 36.4 Å². The molecule has 4 nitrogen and oxygen atoms in total. The highest BCUT2D eigenvalue weighted by molar-refractivity contribution is 5.88. The molecular formula is C14H13FN2O2. The van der Waals surface area contributed by atoms with Crippen molar-refractivity contribution in [1.29, 1.82) is 0 Å². The van der Waals surface area contributed by atoms with Crippen molar-refractivity contribution in [2.24, 2.45) is 0 Å². The van der Waals surface area contributed by atoms with Crippen LogP contribution in [-0.2, 0) is 6.54 Å². The summed E-state index contributed by atoms with van der Waals surface area (Å²) in [6.07, 6.45) is 0. The molecule has 0 aliphatic heterocycles. The van der Waals surface area contributed by atoms with Crippen LogP contribution in [0.4, 0.5) is 10.1 Å². The number of carbonyl (C=O) groups is 1. The summed E-state index contributed by atoms with van der Waals surface area (Å²) in [5.41, 5.74) is 1.87. The highest BCUT2D eigenvalue weighted by Crippen LogP contribution is 2.16. The molecule has 0 bridgehead atoms. The molecule has 0 atom stereocenters. The average Bonchev–Trinajstić information content (AvgIpc) is 2.37. The summed E-state index contributed by atoms with van der Waals surface area (Å²) in [7, 11) is 0. The van der Waals surface area contributed by atoms with Crippen LogP contribution in [0.3, 0.4) is 0 Å². The summed E-state index contributed by atoms with van der Waals surface area (Å²) >= 11 is 0. The lowest BCUT2D eigenvalue weighted by molar-refractivity contribution is 0.0696. The highest BCUT2D eigenvalue weighted by atomic mass is 19.1. The zero-order valence-electron chi connectivity index (χ0n) is 10.4. The van der Waals surface area contributed by atoms with E-state index in [-0.39, 0.29) is 11.3 Å². The van der Waals surface area contributed by atoms with Gasteiger partial charge in [0.25, 0.3) is 0 Å². The molecule has 0 fully saturated rings. The number of anilines is 1. The molecular weight excluding hydrogens is 247 g/mol. The van der Waals surface area contributed by atoms with Gasteiger partial charge >= 0.3 is 5.97 Å². The van der Waals surface area contributed by atoms with Gasteiger partial charge in [0.05, 0.1) is 23.5 Å². The molecule has 0 aliphatic rings. The molecule has 0 aliphatic carbocycles. The standard InChI is InChI=1S/C14H13FN2O2/c1-9-3-2-4-11(17-9)8-16-13-6-5-10(14(18)19)7-12(13)15/h2-7,16H,8H2,1H3,(H,18,19). The van der Waals surface area contributed by atoms with Crippen molar-refractivity contribution in [3.8, 4) is 0 Å². The third-order valence-corrected chi connectivity index (χ3v) is 2.62. The predicted octanol–water partition coefficient (Wildman–Crippen LogP) is 2.84. The fourth-order valence-corrected chi connectivity index (χ4v) is 1.68. The number of hydrogen-bond acceptors (Lipinski definition) is 3. The van der Waals surface area contributed by atoms with Crippen molar-refractivity contribution in [2.45, 2.75) is 13.5 Å². The molecule has 0 radical (unpaired) electrons. The van der Waals surface area contributed by atoms with E-state index in [1.807, 2.05) is 25.1 Å². The highest BCUT2D eigenvalue weighted by Gasteiger charge is 2.08. The van der Waals surface area contributed by atoms with Gasteiger partial charge in [-0.15, -0.1) is 0 Å². The molecule has 2 rings (SSSR count). The molecule has 19 heavy (non-hydrogen) atoms. The van der Waals surface area contributed by atoms with Gasteiger partial charge in [-0.2, -0.15) is 0 Å². The Balaban J connectivity index is 2.10. The van der Waals surface area contributed by atoms with Crippen molar-refractivity contribution in [1.82, 2.24) is 4.98 Å². The van der Waals surface area contributed by atoms with E-state index in [0.29, 0.717) is 6.54 Å². The summed E-state index contributed by atoms with van der Waals surface area (Å²) in [6, 6.07) is 9.36. The molecule has 0 amide bonds. The van der Waals surface area contributed by atoms with E-state index in [4.69, 9.17) is 5.11 Å². The van der Waals surface area contributed by atoms with Crippen molar-refractivity contribution >= 4 is 11.7 Å². The second kappa shape index (κ2) is 5.48. The van der Waals surface area contributed by atoms with Gasteiger partial charge in [-0.25, -0.2) is 9.18 Å². The number of carboxylic acid groups (broad SMARTS) is 1. The van der Waals surface area contributed by atoms with E-state index in [0.717, 1.165) is 17.5 Å². The van der Waals surface area contributed by atoms with Crippen LogP contribution in [0.25, 0.3) is 0 Å². The molecule has 1 aromatic heterocycles. The third-order valence-electron chi connectivity index (χ3n) is 2.62. The van der Waals surface area contributed by atoms with Gasteiger partial charge in [0.15, 0.2) is 0 Å². The fraction of sp³-hybridized carbons (Fsp3) is 0.143. The molecule has 2 N–H and O–H groups in total. The number of rotatable bonds is 4. The monoisotopic (exact) mass is 260 g/mol. The summed E-state index contributed by atoms with van der Waals surface area (Å²) in [5.74, 6) is -1.74. The summed E-state index contributed by atoms with van der Waals surface area (Å²) < 4.78 is 13.6. The smallest absolute Gasteiger partial charge is 0.335 e. The number of aryl methyl sites for hydroxylation is 1. The molecule has 0 unspecified atom stereocenters. The average molecular weight is 260 g/mol. The van der Waals surface area contributed by atoms with Crippen LogP contribution in [-0.4, -0.2) is 16.1 Å². The van der Waals surface area contributed by atoms with E-state index in [1.54, 1.807) is 0 Å². The lowest BCUT2D eigenvalue weighted by atomic mass is 10.2. The lowest BCUT2D eigenvalue weighted by Gasteiger charge is -2.08. The third kappa shape index (κ3) is 3.28. The van der Waals surface area contributed by atoms with E-state index in [9.17, 15) is 9.18 Å². The van der Waals surface area contributed by atoms with Crippen molar-refractivity contribution in [2.75, 3.05) is 5.32 Å². The zero-order chi connectivity index (χ0) is 13.8. The summed E-state index contributed by atoms with van der Waals surface area (Å²) in [5, 5.41) is 11.6. The largest absolute Gasteiger partial charge is 0.478 e. The first-order chi connectivity index (χ1) is 9.06. The Labute approximate surface area is 109 Å². The van der Waals surface area contributed by atoms with Crippen molar-refractivity contribution < 1.29 is 14.3 Å². The van der Waals surface area contributed by atoms with Crippen LogP contribution in [0, 0.1) is 12.7 Å². The molecule has 98 valence electrons. The van der Waals surface area contributed by atoms with Crippen LogP contribution >= 0.6 is 0 Å². The first-order valence-corrected chi connectivity index (χ1v) is 5.75. The second-order valence-electron chi connectivity index (χ2n) is 4.12. The summed E-state index contributed by atoms with van der Waals surface area (Å²) in [6.45, 7) is 2.26. The first-order valence-electron chi connectivity index (χ1n) is 5.75. The number of nitrogens with one attached hydrogen (secondary N) is 1. The maximum atomic E-state index is 13.6. The number of aromatic carboxylic acids is 1. The number of halogens is 1. The van der Waals surface area contributed by atoms with E-state index in [2.05, 4.69) is 10.3 Å². The zero-order valence-corrected chi connectivity index (χ0v) is 10.4. The summed E-state index contributed by atoms with van der Waals surface area (Å²) in [4.78, 5) is 15.0. The number of benzene rings is 1. The number of carboxylic acids is 1. The molecule has 5 heteroatoms. The Kier molecular flexibility index (Phi) is 3.75. The van der Waals surface area contributed by atoms with Crippen LogP contribution in [0.1, 0.15) is 21.7 Å². The number of nitrogens with zero attached hydrogens (tertiary/aromatic N) is 1. The predicted molar refractivity (Wildman–Crippen MR) is 69.7 cm³/mol. The van der Waals surface area contributed by atoms with Gasteiger partial charge < -0.3 is 10.4 Å².